The van der Waals surface area contributed by atoms with Crippen LogP contribution < -0.4 is 9.47 Å². The molecule has 1 aliphatic heterocycles. The van der Waals surface area contributed by atoms with Gasteiger partial charge in [-0.15, -0.1) is 0 Å². The van der Waals surface area contributed by atoms with Crippen molar-refractivity contribution in [3.63, 3.8) is 0 Å². The van der Waals surface area contributed by atoms with Crippen LogP contribution in [-0.4, -0.2) is 38.0 Å². The van der Waals surface area contributed by atoms with E-state index in [0.717, 1.165) is 43.0 Å². The summed E-state index contributed by atoms with van der Waals surface area (Å²) < 4.78 is 10.9. The fourth-order valence-electron chi connectivity index (χ4n) is 4.67. The van der Waals surface area contributed by atoms with Crippen molar-refractivity contribution >= 4 is 5.78 Å². The van der Waals surface area contributed by atoms with Crippen LogP contribution in [0.5, 0.6) is 11.5 Å². The van der Waals surface area contributed by atoms with E-state index in [1.807, 2.05) is 12.1 Å². The molecule has 0 N–H and O–H groups in total. The third-order valence-corrected chi connectivity index (χ3v) is 6.28. The first-order valence-electron chi connectivity index (χ1n) is 10.4. The molecule has 4 heteroatoms. The molecule has 3 aromatic carbocycles. The van der Waals surface area contributed by atoms with Gasteiger partial charge in [0.05, 0.1) is 20.8 Å². The molecule has 0 fully saturated rings. The van der Waals surface area contributed by atoms with Crippen molar-refractivity contribution < 1.29 is 14.3 Å². The largest absolute Gasteiger partial charge is 0.493 e. The predicted molar refractivity (Wildman–Crippen MR) is 118 cm³/mol. The number of rotatable bonds is 5. The van der Waals surface area contributed by atoms with Gasteiger partial charge in [0.2, 0.25) is 0 Å². The summed E-state index contributed by atoms with van der Waals surface area (Å²) in [6.07, 6.45) is 1.86. The van der Waals surface area contributed by atoms with Gasteiger partial charge < -0.3 is 9.47 Å². The number of hydrogen-bond acceptors (Lipinski definition) is 4. The summed E-state index contributed by atoms with van der Waals surface area (Å²) in [5, 5.41) is 0. The number of benzene rings is 3. The van der Waals surface area contributed by atoms with Crippen molar-refractivity contribution in [2.75, 3.05) is 27.3 Å². The van der Waals surface area contributed by atoms with Crippen molar-refractivity contribution in [1.29, 1.82) is 0 Å². The van der Waals surface area contributed by atoms with Crippen LogP contribution in [0.3, 0.4) is 0 Å². The Kier molecular flexibility index (Phi) is 4.80. The monoisotopic (exact) mass is 399 g/mol. The summed E-state index contributed by atoms with van der Waals surface area (Å²) in [5.41, 5.74) is 8.38. The SMILES string of the molecule is COc1cc2c(cc1OC)CN(CC(=O)c1ccc3c(c1)-c1ccccc1C3)CC2. The lowest BCUT2D eigenvalue weighted by molar-refractivity contribution is 0.0921. The number of methoxy groups -OCH3 is 2. The molecule has 3 aromatic rings. The van der Waals surface area contributed by atoms with E-state index in [-0.39, 0.29) is 5.78 Å². The highest BCUT2D eigenvalue weighted by molar-refractivity contribution is 5.99. The summed E-state index contributed by atoms with van der Waals surface area (Å²) in [5.74, 6) is 1.67. The zero-order chi connectivity index (χ0) is 20.7. The summed E-state index contributed by atoms with van der Waals surface area (Å²) in [6, 6.07) is 18.7. The molecule has 0 saturated heterocycles. The molecule has 0 saturated carbocycles. The zero-order valence-corrected chi connectivity index (χ0v) is 17.4. The number of hydrogen-bond donors (Lipinski definition) is 0. The zero-order valence-electron chi connectivity index (χ0n) is 17.4. The molecule has 1 aliphatic carbocycles. The van der Waals surface area contributed by atoms with Gasteiger partial charge in [0.1, 0.15) is 0 Å². The summed E-state index contributed by atoms with van der Waals surface area (Å²) in [6.45, 7) is 2.03. The molecule has 1 heterocycles. The molecular weight excluding hydrogens is 374 g/mol. The van der Waals surface area contributed by atoms with Gasteiger partial charge in [-0.2, -0.15) is 0 Å². The van der Waals surface area contributed by atoms with Crippen molar-refractivity contribution in [1.82, 2.24) is 4.90 Å². The van der Waals surface area contributed by atoms with Crippen LogP contribution in [0, 0.1) is 0 Å². The number of ether oxygens (including phenoxy) is 2. The average Bonchev–Trinajstić information content (AvgIpc) is 3.16. The maximum absolute atomic E-state index is 13.1. The molecule has 0 bridgehead atoms. The maximum Gasteiger partial charge on any atom is 0.176 e. The first kappa shape index (κ1) is 18.9. The second-order valence-corrected chi connectivity index (χ2v) is 8.07. The molecule has 0 spiro atoms. The second-order valence-electron chi connectivity index (χ2n) is 8.07. The molecule has 0 amide bonds. The Labute approximate surface area is 177 Å². The van der Waals surface area contributed by atoms with Crippen molar-refractivity contribution in [2.45, 2.75) is 19.4 Å². The highest BCUT2D eigenvalue weighted by atomic mass is 16.5. The predicted octanol–water partition coefficient (Wildman–Crippen LogP) is 4.52. The van der Waals surface area contributed by atoms with Crippen LogP contribution in [-0.2, 0) is 19.4 Å². The van der Waals surface area contributed by atoms with Gasteiger partial charge in [-0.05, 0) is 64.4 Å². The van der Waals surface area contributed by atoms with Crippen LogP contribution >= 0.6 is 0 Å². The number of Topliss-reactive ketones (excluding diaryl/α,β-unsaturated/α-hetero) is 1. The first-order chi connectivity index (χ1) is 14.7. The summed E-state index contributed by atoms with van der Waals surface area (Å²) >= 11 is 0. The Bertz CT molecular complexity index is 1140. The lowest BCUT2D eigenvalue weighted by Crippen LogP contribution is -2.35. The average molecular weight is 399 g/mol. The van der Waals surface area contributed by atoms with Gasteiger partial charge in [-0.1, -0.05) is 36.4 Å². The minimum absolute atomic E-state index is 0.172. The molecular formula is C26H25NO3. The molecule has 0 aromatic heterocycles. The van der Waals surface area contributed by atoms with E-state index in [4.69, 9.17) is 9.47 Å². The topological polar surface area (TPSA) is 38.8 Å². The smallest absolute Gasteiger partial charge is 0.176 e. The van der Waals surface area contributed by atoms with Crippen LogP contribution in [0.1, 0.15) is 32.6 Å². The van der Waals surface area contributed by atoms with Crippen LogP contribution in [0.15, 0.2) is 54.6 Å². The van der Waals surface area contributed by atoms with E-state index in [2.05, 4.69) is 47.4 Å². The minimum Gasteiger partial charge on any atom is -0.493 e. The molecule has 5 rings (SSSR count). The fourth-order valence-corrected chi connectivity index (χ4v) is 4.67. The molecule has 0 radical (unpaired) electrons. The minimum atomic E-state index is 0.172. The Morgan fingerprint density at radius 1 is 0.867 bits per heavy atom. The van der Waals surface area contributed by atoms with Crippen molar-refractivity contribution in [2.24, 2.45) is 0 Å². The van der Waals surface area contributed by atoms with Crippen LogP contribution in [0.25, 0.3) is 11.1 Å². The van der Waals surface area contributed by atoms with E-state index in [0.29, 0.717) is 6.54 Å². The molecule has 0 atom stereocenters. The Hall–Kier alpha value is -3.11. The van der Waals surface area contributed by atoms with Gasteiger partial charge in [0.25, 0.3) is 0 Å². The highest BCUT2D eigenvalue weighted by Crippen LogP contribution is 2.37. The Morgan fingerprint density at radius 3 is 2.40 bits per heavy atom. The highest BCUT2D eigenvalue weighted by Gasteiger charge is 2.23. The van der Waals surface area contributed by atoms with E-state index in [1.54, 1.807) is 14.2 Å². The lowest BCUT2D eigenvalue weighted by Gasteiger charge is -2.29. The fraction of sp³-hybridized carbons (Fsp3) is 0.269. The van der Waals surface area contributed by atoms with E-state index < -0.39 is 0 Å². The van der Waals surface area contributed by atoms with Gasteiger partial charge in [0, 0.05) is 18.7 Å². The number of nitrogens with zero attached hydrogens (tertiary/aromatic N) is 1. The Balaban J connectivity index is 1.34. The van der Waals surface area contributed by atoms with Crippen LogP contribution in [0.2, 0.25) is 0 Å². The quantitative estimate of drug-likeness (QED) is 0.463. The summed E-state index contributed by atoms with van der Waals surface area (Å²) in [7, 11) is 3.31. The number of carbonyl (C=O) groups is 1. The number of carbonyl (C=O) groups excluding carboxylic acids is 1. The van der Waals surface area contributed by atoms with Gasteiger partial charge in [-0.25, -0.2) is 0 Å². The van der Waals surface area contributed by atoms with E-state index in [1.165, 1.54) is 33.4 Å². The normalized spacial score (nSPS) is 14.6. The van der Waals surface area contributed by atoms with E-state index >= 15 is 0 Å². The maximum atomic E-state index is 13.1. The van der Waals surface area contributed by atoms with Crippen molar-refractivity contribution in [3.05, 3.63) is 82.4 Å². The lowest BCUT2D eigenvalue weighted by atomic mass is 9.97. The van der Waals surface area contributed by atoms with E-state index in [9.17, 15) is 4.79 Å². The van der Waals surface area contributed by atoms with Gasteiger partial charge >= 0.3 is 0 Å². The standard InChI is InChI=1S/C26H25NO3/c1-29-25-13-17-9-10-27(15-21(17)14-26(25)30-2)16-24(28)20-8-7-19-11-18-5-3-4-6-22(18)23(19)12-20/h3-8,12-14H,9-11,15-16H2,1-2H3. The number of fused-ring (bicyclic) bond motifs is 4. The second kappa shape index (κ2) is 7.62. The Morgan fingerprint density at radius 2 is 1.60 bits per heavy atom. The van der Waals surface area contributed by atoms with Crippen molar-refractivity contribution in [3.8, 4) is 22.6 Å². The molecule has 30 heavy (non-hydrogen) atoms. The van der Waals surface area contributed by atoms with Gasteiger partial charge in [-0.3, -0.25) is 9.69 Å². The third kappa shape index (κ3) is 3.27. The molecule has 2 aliphatic rings. The number of ketones is 1. The van der Waals surface area contributed by atoms with Gasteiger partial charge in [0.15, 0.2) is 17.3 Å². The molecule has 4 nitrogen and oxygen atoms in total. The molecule has 152 valence electrons. The van der Waals surface area contributed by atoms with Crippen LogP contribution in [0.4, 0.5) is 0 Å². The third-order valence-electron chi connectivity index (χ3n) is 6.28. The molecule has 0 unspecified atom stereocenters. The first-order valence-corrected chi connectivity index (χ1v) is 10.4. The summed E-state index contributed by atoms with van der Waals surface area (Å²) in [4.78, 5) is 15.3.